The number of hydrogen-bond acceptors (Lipinski definition) is 5. The highest BCUT2D eigenvalue weighted by Gasteiger charge is 2.34. The number of anilines is 1. The van der Waals surface area contributed by atoms with Gasteiger partial charge in [-0.3, -0.25) is 4.99 Å². The number of halogens is 6. The van der Waals surface area contributed by atoms with Crippen molar-refractivity contribution in [1.82, 2.24) is 20.6 Å². The van der Waals surface area contributed by atoms with E-state index in [2.05, 4.69) is 30.9 Å². The van der Waals surface area contributed by atoms with Gasteiger partial charge in [0.2, 0.25) is 0 Å². The van der Waals surface area contributed by atoms with Crippen LogP contribution in [0.1, 0.15) is 16.3 Å². The molecule has 0 fully saturated rings. The lowest BCUT2D eigenvalue weighted by atomic mass is 10.2. The van der Waals surface area contributed by atoms with Crippen molar-refractivity contribution >= 4 is 23.1 Å². The molecule has 0 saturated heterocycles. The van der Waals surface area contributed by atoms with Gasteiger partial charge in [-0.2, -0.15) is 26.3 Å². The van der Waals surface area contributed by atoms with Gasteiger partial charge >= 0.3 is 12.4 Å². The summed E-state index contributed by atoms with van der Waals surface area (Å²) in [5, 5.41) is 9.33. The lowest BCUT2D eigenvalue weighted by molar-refractivity contribution is -0.141. The Kier molecular flexibility index (Phi) is 7.05. The quantitative estimate of drug-likeness (QED) is 0.286. The van der Waals surface area contributed by atoms with Crippen LogP contribution < -0.4 is 16.0 Å². The van der Waals surface area contributed by atoms with Crippen LogP contribution in [0, 0.1) is 0 Å². The second-order valence-corrected chi connectivity index (χ2v) is 6.24. The number of pyridine rings is 1. The molecule has 154 valence electrons. The van der Waals surface area contributed by atoms with E-state index in [0.717, 1.165) is 22.8 Å². The normalized spacial score (nSPS) is 12.8. The average Bonchev–Trinajstić information content (AvgIpc) is 3.10. The minimum atomic E-state index is -4.52. The Morgan fingerprint density at radius 1 is 1.11 bits per heavy atom. The van der Waals surface area contributed by atoms with Crippen molar-refractivity contribution < 1.29 is 26.3 Å². The van der Waals surface area contributed by atoms with Gasteiger partial charge in [0.05, 0.1) is 12.1 Å². The maximum atomic E-state index is 12.9. The topological polar surface area (TPSA) is 74.2 Å². The van der Waals surface area contributed by atoms with Crippen LogP contribution >= 0.6 is 11.3 Å². The van der Waals surface area contributed by atoms with Crippen molar-refractivity contribution in [3.8, 4) is 0 Å². The van der Waals surface area contributed by atoms with E-state index in [1.165, 1.54) is 19.3 Å². The zero-order valence-electron chi connectivity index (χ0n) is 14.4. The van der Waals surface area contributed by atoms with Gasteiger partial charge in [-0.05, 0) is 12.1 Å². The van der Waals surface area contributed by atoms with E-state index in [1.54, 1.807) is 0 Å². The van der Waals surface area contributed by atoms with Gasteiger partial charge in [-0.15, -0.1) is 11.3 Å². The molecule has 2 aromatic heterocycles. The van der Waals surface area contributed by atoms with Gasteiger partial charge in [0.15, 0.2) is 11.7 Å². The fraction of sp³-hybridized carbons (Fsp3) is 0.400. The molecule has 0 unspecified atom stereocenters. The van der Waals surface area contributed by atoms with Crippen molar-refractivity contribution in [2.45, 2.75) is 18.9 Å². The number of aliphatic imine (C=N–C) groups is 1. The maximum Gasteiger partial charge on any atom is 0.434 e. The highest BCUT2D eigenvalue weighted by Crippen LogP contribution is 2.33. The molecule has 0 aliphatic heterocycles. The average molecular weight is 426 g/mol. The zero-order valence-corrected chi connectivity index (χ0v) is 15.3. The predicted molar refractivity (Wildman–Crippen MR) is 93.0 cm³/mol. The highest BCUT2D eigenvalue weighted by molar-refractivity contribution is 7.09. The van der Waals surface area contributed by atoms with E-state index in [-0.39, 0.29) is 36.4 Å². The summed E-state index contributed by atoms with van der Waals surface area (Å²) in [6.07, 6.45) is -7.78. The lowest BCUT2D eigenvalue weighted by Crippen LogP contribution is -2.39. The SMILES string of the molecule is CN=C(NCCNc1ncccc1C(F)(F)F)NCc1nc(C(F)(F)F)cs1. The first-order valence-electron chi connectivity index (χ1n) is 7.83. The van der Waals surface area contributed by atoms with Gasteiger partial charge in [0.25, 0.3) is 0 Å². The van der Waals surface area contributed by atoms with Crippen LogP contribution in [-0.4, -0.2) is 36.1 Å². The Morgan fingerprint density at radius 2 is 1.86 bits per heavy atom. The van der Waals surface area contributed by atoms with E-state index in [4.69, 9.17) is 0 Å². The Bertz CT molecular complexity index is 801. The molecule has 0 aliphatic carbocycles. The molecule has 2 rings (SSSR count). The molecule has 0 aromatic carbocycles. The molecule has 0 amide bonds. The van der Waals surface area contributed by atoms with E-state index in [9.17, 15) is 26.3 Å². The van der Waals surface area contributed by atoms with Crippen molar-refractivity contribution in [2.24, 2.45) is 4.99 Å². The molecule has 28 heavy (non-hydrogen) atoms. The Labute approximate surface area is 160 Å². The minimum Gasteiger partial charge on any atom is -0.368 e. The fourth-order valence-corrected chi connectivity index (χ4v) is 2.78. The third-order valence-electron chi connectivity index (χ3n) is 3.30. The first-order chi connectivity index (χ1) is 13.1. The van der Waals surface area contributed by atoms with E-state index >= 15 is 0 Å². The highest BCUT2D eigenvalue weighted by atomic mass is 32.1. The van der Waals surface area contributed by atoms with E-state index in [1.807, 2.05) is 0 Å². The summed E-state index contributed by atoms with van der Waals surface area (Å²) >= 11 is 0.855. The van der Waals surface area contributed by atoms with Gasteiger partial charge < -0.3 is 16.0 Å². The molecule has 0 spiro atoms. The number of thiazole rings is 1. The van der Waals surface area contributed by atoms with E-state index < -0.39 is 23.6 Å². The maximum absolute atomic E-state index is 12.9. The molecule has 0 radical (unpaired) electrons. The Balaban J connectivity index is 1.80. The molecule has 2 heterocycles. The molecule has 0 saturated carbocycles. The zero-order chi connectivity index (χ0) is 20.8. The summed E-state index contributed by atoms with van der Waals surface area (Å²) in [7, 11) is 1.45. The van der Waals surface area contributed by atoms with Gasteiger partial charge in [0.1, 0.15) is 10.8 Å². The fourth-order valence-electron chi connectivity index (χ4n) is 2.04. The predicted octanol–water partition coefficient (Wildman–Crippen LogP) is 3.35. The second-order valence-electron chi connectivity index (χ2n) is 5.30. The van der Waals surface area contributed by atoms with Crippen LogP contribution in [0.15, 0.2) is 28.7 Å². The summed E-state index contributed by atoms with van der Waals surface area (Å²) in [5.74, 6) is -0.0233. The summed E-state index contributed by atoms with van der Waals surface area (Å²) in [5.41, 5.74) is -1.83. The minimum absolute atomic E-state index is 0.0202. The molecule has 0 atom stereocenters. The standard InChI is InChI=1S/C15H16F6N6S/c1-22-13(26-7-11-27-10(8-28-11)15(19,20)21)25-6-5-24-12-9(14(16,17)18)3-2-4-23-12/h2-4,8H,5-7H2,1H3,(H,23,24)(H2,22,25,26). The number of alkyl halides is 6. The number of hydrogen-bond donors (Lipinski definition) is 3. The monoisotopic (exact) mass is 426 g/mol. The molecule has 0 bridgehead atoms. The number of aromatic nitrogens is 2. The first kappa shape index (κ1) is 21.7. The summed E-state index contributed by atoms with van der Waals surface area (Å²) in [6.45, 7) is 0.321. The summed E-state index contributed by atoms with van der Waals surface area (Å²) in [4.78, 5) is 11.0. The molecule has 6 nitrogen and oxygen atoms in total. The second kappa shape index (κ2) is 9.08. The van der Waals surface area contributed by atoms with E-state index in [0.29, 0.717) is 0 Å². The molecular formula is C15H16F6N6S. The van der Waals surface area contributed by atoms with Crippen LogP contribution in [0.3, 0.4) is 0 Å². The molecule has 2 aromatic rings. The van der Waals surface area contributed by atoms with Crippen molar-refractivity contribution in [3.63, 3.8) is 0 Å². The Morgan fingerprint density at radius 3 is 2.46 bits per heavy atom. The third-order valence-corrected chi connectivity index (χ3v) is 4.14. The summed E-state index contributed by atoms with van der Waals surface area (Å²) < 4.78 is 76.2. The smallest absolute Gasteiger partial charge is 0.368 e. The number of nitrogens with zero attached hydrogens (tertiary/aromatic N) is 3. The third kappa shape index (κ3) is 6.25. The van der Waals surface area contributed by atoms with Crippen LogP contribution in [0.2, 0.25) is 0 Å². The summed E-state index contributed by atoms with van der Waals surface area (Å²) in [6, 6.07) is 2.12. The number of nitrogens with one attached hydrogen (secondary N) is 3. The number of rotatable bonds is 6. The van der Waals surface area contributed by atoms with Crippen LogP contribution in [-0.2, 0) is 18.9 Å². The van der Waals surface area contributed by atoms with Crippen molar-refractivity contribution in [3.05, 3.63) is 40.0 Å². The van der Waals surface area contributed by atoms with Crippen molar-refractivity contribution in [1.29, 1.82) is 0 Å². The Hall–Kier alpha value is -2.57. The molecule has 0 aliphatic rings. The van der Waals surface area contributed by atoms with Crippen LogP contribution in [0.4, 0.5) is 32.2 Å². The first-order valence-corrected chi connectivity index (χ1v) is 8.71. The van der Waals surface area contributed by atoms with Gasteiger partial charge in [-0.1, -0.05) is 0 Å². The largest absolute Gasteiger partial charge is 0.434 e. The number of guanidine groups is 1. The molecular weight excluding hydrogens is 410 g/mol. The lowest BCUT2D eigenvalue weighted by Gasteiger charge is -2.14. The van der Waals surface area contributed by atoms with Gasteiger partial charge in [0, 0.05) is 31.7 Å². The molecule has 3 N–H and O–H groups in total. The van der Waals surface area contributed by atoms with Crippen molar-refractivity contribution in [2.75, 3.05) is 25.5 Å². The molecule has 13 heteroatoms. The van der Waals surface area contributed by atoms with Crippen LogP contribution in [0.25, 0.3) is 0 Å². The van der Waals surface area contributed by atoms with Crippen LogP contribution in [0.5, 0.6) is 0 Å². The van der Waals surface area contributed by atoms with Gasteiger partial charge in [-0.25, -0.2) is 9.97 Å².